The van der Waals surface area contributed by atoms with Crippen molar-refractivity contribution in [3.63, 3.8) is 0 Å². The molecule has 1 fully saturated rings. The van der Waals surface area contributed by atoms with Crippen LogP contribution in [0.5, 0.6) is 0 Å². The summed E-state index contributed by atoms with van der Waals surface area (Å²) in [6.07, 6.45) is 5.54. The van der Waals surface area contributed by atoms with Gasteiger partial charge in [-0.15, -0.1) is 0 Å². The summed E-state index contributed by atoms with van der Waals surface area (Å²) in [6.45, 7) is 2.89. The molecule has 0 amide bonds. The fourth-order valence-corrected chi connectivity index (χ4v) is 2.88. The van der Waals surface area contributed by atoms with Gasteiger partial charge in [-0.05, 0) is 51.9 Å². The number of hydrogen-bond donors (Lipinski definition) is 2. The molecule has 1 saturated carbocycles. The second-order valence-electron chi connectivity index (χ2n) is 5.54. The molecule has 0 aliphatic heterocycles. The number of nitrogens with zero attached hydrogens (tertiary/aromatic N) is 2. The standard InChI is InChI=1S/C14H22N4S/c1-10-5-8-16-13(11(10)12(15)19)17-9-14(18(2)3)6-4-7-14/h5,8H,4,6-7,9H2,1-3H3,(H2,15,19)(H,16,17). The molecule has 5 heteroatoms. The van der Waals surface area contributed by atoms with E-state index in [-0.39, 0.29) is 5.54 Å². The van der Waals surface area contributed by atoms with Gasteiger partial charge in [0.1, 0.15) is 10.8 Å². The first-order chi connectivity index (χ1) is 8.96. The average Bonchev–Trinajstić information content (AvgIpc) is 2.26. The summed E-state index contributed by atoms with van der Waals surface area (Å²) in [6, 6.07) is 1.94. The van der Waals surface area contributed by atoms with Crippen molar-refractivity contribution in [2.24, 2.45) is 5.73 Å². The van der Waals surface area contributed by atoms with Crippen LogP contribution in [0, 0.1) is 6.92 Å². The lowest BCUT2D eigenvalue weighted by atomic mass is 9.75. The van der Waals surface area contributed by atoms with Crippen LogP contribution >= 0.6 is 12.2 Å². The van der Waals surface area contributed by atoms with Crippen molar-refractivity contribution in [3.8, 4) is 0 Å². The van der Waals surface area contributed by atoms with Gasteiger partial charge in [0.15, 0.2) is 0 Å². The second-order valence-corrected chi connectivity index (χ2v) is 5.98. The van der Waals surface area contributed by atoms with Crippen molar-refractivity contribution < 1.29 is 0 Å². The second kappa shape index (κ2) is 5.43. The summed E-state index contributed by atoms with van der Waals surface area (Å²) in [4.78, 5) is 7.09. The van der Waals surface area contributed by atoms with Gasteiger partial charge in [0.25, 0.3) is 0 Å². The summed E-state index contributed by atoms with van der Waals surface area (Å²) in [5.74, 6) is 0.806. The number of aromatic nitrogens is 1. The van der Waals surface area contributed by atoms with Gasteiger partial charge in [-0.25, -0.2) is 4.98 Å². The summed E-state index contributed by atoms with van der Waals surface area (Å²) in [5, 5.41) is 3.44. The Balaban J connectivity index is 2.16. The number of likely N-dealkylation sites (N-methyl/N-ethyl adjacent to an activating group) is 1. The number of pyridine rings is 1. The summed E-state index contributed by atoms with van der Waals surface area (Å²) < 4.78 is 0. The maximum Gasteiger partial charge on any atom is 0.136 e. The molecular formula is C14H22N4S. The predicted octanol–water partition coefficient (Wildman–Crippen LogP) is 1.92. The molecule has 0 saturated heterocycles. The summed E-state index contributed by atoms with van der Waals surface area (Å²) in [7, 11) is 4.28. The van der Waals surface area contributed by atoms with Crippen LogP contribution in [0.3, 0.4) is 0 Å². The van der Waals surface area contributed by atoms with Crippen LogP contribution < -0.4 is 11.1 Å². The molecular weight excluding hydrogens is 256 g/mol. The van der Waals surface area contributed by atoms with Gasteiger partial charge in [0, 0.05) is 18.3 Å². The van der Waals surface area contributed by atoms with Gasteiger partial charge in [0.05, 0.1) is 5.56 Å². The quantitative estimate of drug-likeness (QED) is 0.806. The van der Waals surface area contributed by atoms with E-state index in [0.717, 1.165) is 23.5 Å². The van der Waals surface area contributed by atoms with E-state index in [4.69, 9.17) is 18.0 Å². The molecule has 4 nitrogen and oxygen atoms in total. The lowest BCUT2D eigenvalue weighted by Crippen LogP contribution is -2.54. The fourth-order valence-electron chi connectivity index (χ4n) is 2.62. The van der Waals surface area contributed by atoms with Crippen molar-refractivity contribution >= 4 is 23.0 Å². The lowest BCUT2D eigenvalue weighted by molar-refractivity contribution is 0.0738. The number of nitrogens with one attached hydrogen (secondary N) is 1. The number of rotatable bonds is 5. The van der Waals surface area contributed by atoms with Crippen molar-refractivity contribution in [2.45, 2.75) is 31.7 Å². The molecule has 1 heterocycles. The highest BCUT2D eigenvalue weighted by Crippen LogP contribution is 2.36. The third-order valence-corrected chi connectivity index (χ3v) is 4.43. The van der Waals surface area contributed by atoms with E-state index in [9.17, 15) is 0 Å². The van der Waals surface area contributed by atoms with Crippen LogP contribution in [0.25, 0.3) is 0 Å². The van der Waals surface area contributed by atoms with Crippen LogP contribution in [-0.4, -0.2) is 41.1 Å². The Bertz CT molecular complexity index is 480. The maximum absolute atomic E-state index is 5.80. The Morgan fingerprint density at radius 3 is 2.68 bits per heavy atom. The van der Waals surface area contributed by atoms with Crippen LogP contribution in [-0.2, 0) is 0 Å². The van der Waals surface area contributed by atoms with E-state index in [1.165, 1.54) is 19.3 Å². The third-order valence-electron chi connectivity index (χ3n) is 4.22. The van der Waals surface area contributed by atoms with Crippen LogP contribution in [0.1, 0.15) is 30.4 Å². The molecule has 0 spiro atoms. The molecule has 1 aliphatic rings. The molecule has 1 aliphatic carbocycles. The zero-order valence-corrected chi connectivity index (χ0v) is 12.7. The SMILES string of the molecule is Cc1ccnc(NCC2(N(C)C)CCC2)c1C(N)=S. The number of thiocarbonyl (C=S) groups is 1. The first-order valence-corrected chi connectivity index (χ1v) is 7.04. The lowest BCUT2D eigenvalue weighted by Gasteiger charge is -2.47. The minimum atomic E-state index is 0.249. The van der Waals surface area contributed by atoms with Gasteiger partial charge in [-0.2, -0.15) is 0 Å². The van der Waals surface area contributed by atoms with Gasteiger partial charge in [0.2, 0.25) is 0 Å². The van der Waals surface area contributed by atoms with Gasteiger partial charge >= 0.3 is 0 Å². The highest BCUT2D eigenvalue weighted by Gasteiger charge is 2.38. The largest absolute Gasteiger partial charge is 0.389 e. The molecule has 1 aromatic heterocycles. The highest BCUT2D eigenvalue weighted by atomic mass is 32.1. The monoisotopic (exact) mass is 278 g/mol. The Labute approximate surface area is 120 Å². The molecule has 0 bridgehead atoms. The van der Waals surface area contributed by atoms with Crippen LogP contribution in [0.15, 0.2) is 12.3 Å². The maximum atomic E-state index is 5.80. The topological polar surface area (TPSA) is 54.2 Å². The Morgan fingerprint density at radius 2 is 2.21 bits per heavy atom. The third kappa shape index (κ3) is 2.72. The molecule has 0 radical (unpaired) electrons. The zero-order chi connectivity index (χ0) is 14.0. The van der Waals surface area contributed by atoms with Crippen molar-refractivity contribution in [3.05, 3.63) is 23.4 Å². The predicted molar refractivity (Wildman–Crippen MR) is 83.6 cm³/mol. The first-order valence-electron chi connectivity index (χ1n) is 6.63. The minimum absolute atomic E-state index is 0.249. The van der Waals surface area contributed by atoms with Gasteiger partial charge in [-0.3, -0.25) is 0 Å². The van der Waals surface area contributed by atoms with E-state index in [0.29, 0.717) is 4.99 Å². The number of nitrogens with two attached hydrogens (primary N) is 1. The smallest absolute Gasteiger partial charge is 0.136 e. The van der Waals surface area contributed by atoms with E-state index < -0.39 is 0 Å². The summed E-state index contributed by atoms with van der Waals surface area (Å²) in [5.41, 5.74) is 7.98. The van der Waals surface area contributed by atoms with Crippen LogP contribution in [0.2, 0.25) is 0 Å². The molecule has 1 aromatic rings. The molecule has 104 valence electrons. The molecule has 3 N–H and O–H groups in total. The molecule has 2 rings (SSSR count). The Hall–Kier alpha value is -1.20. The van der Waals surface area contributed by atoms with E-state index in [2.05, 4.69) is 29.3 Å². The number of aryl methyl sites for hydroxylation is 1. The van der Waals surface area contributed by atoms with Crippen molar-refractivity contribution in [1.82, 2.24) is 9.88 Å². The fraction of sp³-hybridized carbons (Fsp3) is 0.571. The van der Waals surface area contributed by atoms with Crippen molar-refractivity contribution in [1.29, 1.82) is 0 Å². The molecule has 0 aromatic carbocycles. The molecule has 0 atom stereocenters. The highest BCUT2D eigenvalue weighted by molar-refractivity contribution is 7.80. The van der Waals surface area contributed by atoms with E-state index >= 15 is 0 Å². The first kappa shape index (κ1) is 14.2. The number of hydrogen-bond acceptors (Lipinski definition) is 4. The zero-order valence-electron chi connectivity index (χ0n) is 11.9. The van der Waals surface area contributed by atoms with E-state index in [1.807, 2.05) is 13.0 Å². The minimum Gasteiger partial charge on any atom is -0.389 e. The van der Waals surface area contributed by atoms with Gasteiger partial charge in [-0.1, -0.05) is 12.2 Å². The summed E-state index contributed by atoms with van der Waals surface area (Å²) >= 11 is 5.13. The van der Waals surface area contributed by atoms with Gasteiger partial charge < -0.3 is 16.0 Å². The van der Waals surface area contributed by atoms with E-state index in [1.54, 1.807) is 6.20 Å². The normalized spacial score (nSPS) is 17.1. The van der Waals surface area contributed by atoms with Crippen LogP contribution in [0.4, 0.5) is 5.82 Å². The molecule has 19 heavy (non-hydrogen) atoms. The Morgan fingerprint density at radius 1 is 1.53 bits per heavy atom. The Kier molecular flexibility index (Phi) is 4.06. The number of anilines is 1. The van der Waals surface area contributed by atoms with Crippen molar-refractivity contribution in [2.75, 3.05) is 26.0 Å². The average molecular weight is 278 g/mol. The molecule has 0 unspecified atom stereocenters.